The topological polar surface area (TPSA) is 6.48 Å². The van der Waals surface area contributed by atoms with Gasteiger partial charge in [-0.15, -0.1) is 0 Å². The zero-order chi connectivity index (χ0) is 47.7. The van der Waals surface area contributed by atoms with Crippen LogP contribution in [0.3, 0.4) is 0 Å². The third-order valence-electron chi connectivity index (χ3n) is 13.9. The summed E-state index contributed by atoms with van der Waals surface area (Å²) in [4.78, 5) is 6.50. The minimum absolute atomic E-state index is 0.00127. The molecule has 0 atom stereocenters. The Hall–Kier alpha value is -6.59. The van der Waals surface area contributed by atoms with Gasteiger partial charge in [0.2, 0.25) is 0 Å². The molecule has 0 aromatic heterocycles. The summed E-state index contributed by atoms with van der Waals surface area (Å²) in [6.45, 7) is 18.9. The minimum atomic E-state index is -1.68. The molecule has 68 heavy (non-hydrogen) atoms. The number of para-hydroxylation sites is 2. The molecule has 10 aromatic carbocycles. The molecule has 0 saturated carbocycles. The molecule has 0 bridgehead atoms. The summed E-state index contributed by atoms with van der Waals surface area (Å²) in [6, 6.07) is 71.2. The van der Waals surface area contributed by atoms with Crippen LogP contribution in [-0.2, 0) is 5.41 Å². The fourth-order valence-corrected chi connectivity index (χ4v) is 13.3. The molecule has 10 rings (SSSR count). The molecular weight excluding hydrogens is 857 g/mol. The van der Waals surface area contributed by atoms with Crippen molar-refractivity contribution in [2.24, 2.45) is 0 Å². The van der Waals surface area contributed by atoms with E-state index in [1.54, 1.807) is 0 Å². The van der Waals surface area contributed by atoms with E-state index >= 15 is 0 Å². The number of anilines is 6. The minimum Gasteiger partial charge on any atom is -0.310 e. The first-order chi connectivity index (χ1) is 32.5. The van der Waals surface area contributed by atoms with Gasteiger partial charge in [0.25, 0.3) is 0 Å². The van der Waals surface area contributed by atoms with Crippen molar-refractivity contribution in [2.75, 3.05) is 28.6 Å². The molecule has 0 amide bonds. The van der Waals surface area contributed by atoms with Gasteiger partial charge in [0.05, 0.1) is 19.4 Å². The maximum Gasteiger partial charge on any atom is 0.0784 e. The second-order valence-electron chi connectivity index (χ2n) is 21.5. The highest BCUT2D eigenvalue weighted by atomic mass is 32.3. The molecule has 0 aliphatic carbocycles. The van der Waals surface area contributed by atoms with Gasteiger partial charge in [-0.2, -0.15) is 0 Å². The van der Waals surface area contributed by atoms with Crippen molar-refractivity contribution in [1.82, 2.24) is 0 Å². The van der Waals surface area contributed by atoms with Crippen molar-refractivity contribution in [3.8, 4) is 22.3 Å². The van der Waals surface area contributed by atoms with Crippen molar-refractivity contribution in [1.29, 1.82) is 0 Å². The molecule has 0 saturated heterocycles. The van der Waals surface area contributed by atoms with Crippen LogP contribution in [0.4, 0.5) is 34.1 Å². The molecule has 340 valence electrons. The van der Waals surface area contributed by atoms with Crippen LogP contribution in [0.2, 0.25) is 19.6 Å². The van der Waals surface area contributed by atoms with Crippen LogP contribution in [0.25, 0.3) is 54.6 Å². The van der Waals surface area contributed by atoms with E-state index in [0.717, 1.165) is 28.4 Å². The Kier molecular flexibility index (Phi) is 11.4. The Bertz CT molecular complexity index is 3260. The first-order valence-electron chi connectivity index (χ1n) is 24.0. The Morgan fingerprint density at radius 1 is 0.426 bits per heavy atom. The quantitative estimate of drug-likeness (QED) is 0.0996. The summed E-state index contributed by atoms with van der Waals surface area (Å²) < 4.78 is 0. The van der Waals surface area contributed by atoms with Gasteiger partial charge < -0.3 is 9.80 Å². The van der Waals surface area contributed by atoms with Crippen LogP contribution in [0.1, 0.15) is 37.5 Å². The molecule has 0 aliphatic heterocycles. The number of aryl methyl sites for hydroxylation is 2. The van der Waals surface area contributed by atoms with Crippen molar-refractivity contribution in [3.63, 3.8) is 0 Å². The van der Waals surface area contributed by atoms with Crippen molar-refractivity contribution >= 4 is 89.7 Å². The van der Waals surface area contributed by atoms with E-state index in [1.807, 2.05) is 0 Å². The highest BCUT2D eigenvalue weighted by Crippen LogP contribution is 2.53. The lowest BCUT2D eigenvalue weighted by Gasteiger charge is -2.34. The van der Waals surface area contributed by atoms with E-state index in [-0.39, 0.29) is 5.41 Å². The predicted octanol–water partition coefficient (Wildman–Crippen LogP) is 18.4. The van der Waals surface area contributed by atoms with Gasteiger partial charge in [0.15, 0.2) is 0 Å². The molecular formula is C64H64N2SSi. The van der Waals surface area contributed by atoms with Crippen LogP contribution < -0.4 is 15.0 Å². The fourth-order valence-electron chi connectivity index (χ4n) is 10.3. The van der Waals surface area contributed by atoms with Gasteiger partial charge in [0.1, 0.15) is 0 Å². The maximum atomic E-state index is 2.54. The van der Waals surface area contributed by atoms with E-state index in [4.69, 9.17) is 0 Å². The van der Waals surface area contributed by atoms with Crippen molar-refractivity contribution in [2.45, 2.75) is 64.6 Å². The molecule has 0 unspecified atom stereocenters. The van der Waals surface area contributed by atoms with Gasteiger partial charge in [-0.25, -0.2) is 10.0 Å². The van der Waals surface area contributed by atoms with Crippen LogP contribution in [0.15, 0.2) is 193 Å². The lowest BCUT2D eigenvalue weighted by Crippen LogP contribution is -2.38. The van der Waals surface area contributed by atoms with Crippen LogP contribution >= 0.6 is 10.0 Å². The van der Waals surface area contributed by atoms with Crippen molar-refractivity contribution in [3.05, 3.63) is 205 Å². The smallest absolute Gasteiger partial charge is 0.0784 e. The summed E-state index contributed by atoms with van der Waals surface area (Å²) in [5.74, 6) is 0. The van der Waals surface area contributed by atoms with Gasteiger partial charge >= 0.3 is 0 Å². The summed E-state index contributed by atoms with van der Waals surface area (Å²) in [5, 5.41) is 9.05. The predicted molar refractivity (Wildman–Crippen MR) is 305 cm³/mol. The van der Waals surface area contributed by atoms with Crippen LogP contribution in [-0.4, -0.2) is 26.8 Å². The number of benzene rings is 10. The van der Waals surface area contributed by atoms with E-state index in [1.165, 1.54) is 87.0 Å². The molecule has 0 fully saturated rings. The first-order valence-corrected chi connectivity index (χ1v) is 30.4. The largest absolute Gasteiger partial charge is 0.310 e. The highest BCUT2D eigenvalue weighted by molar-refractivity contribution is 8.32. The Balaban J connectivity index is 1.33. The Labute approximate surface area is 407 Å². The van der Waals surface area contributed by atoms with Crippen LogP contribution in [0, 0.1) is 13.8 Å². The molecule has 4 heteroatoms. The summed E-state index contributed by atoms with van der Waals surface area (Å²) in [5.41, 5.74) is 15.7. The Morgan fingerprint density at radius 3 is 1.37 bits per heavy atom. The number of hydrogen-bond donors (Lipinski definition) is 0. The normalized spacial score (nSPS) is 12.6. The second kappa shape index (κ2) is 17.2. The van der Waals surface area contributed by atoms with E-state index in [0.29, 0.717) is 0 Å². The molecule has 0 radical (unpaired) electrons. The first kappa shape index (κ1) is 45.2. The third kappa shape index (κ3) is 8.18. The number of rotatable bonds is 10. The second-order valence-corrected chi connectivity index (χ2v) is 30.7. The zero-order valence-electron chi connectivity index (χ0n) is 41.7. The molecule has 0 heterocycles. The monoisotopic (exact) mass is 920 g/mol. The third-order valence-corrected chi connectivity index (χ3v) is 17.6. The zero-order valence-corrected chi connectivity index (χ0v) is 43.5. The van der Waals surface area contributed by atoms with Gasteiger partial charge in [-0.05, 0) is 147 Å². The SMILES string of the molecule is Cc1ccc(-c2ccccc2[Si](C)(C)C)cc1N(c1ccccc1)c1cc(N(c2ccccc2)c2cc(-c3ccccc3S(C)(C)C)ccc2C)c2ccc3cc(C(C)(C)C)cc4ccc1c2c43. The van der Waals surface area contributed by atoms with E-state index in [9.17, 15) is 0 Å². The molecule has 0 spiro atoms. The average Bonchev–Trinajstić information content (AvgIpc) is 3.32. The standard InChI is InChI=1S/C64H64N2SSi/c1-43-30-32-45(52-26-18-20-28-60(52)67(6,7)8)40-56(43)65(50-22-14-12-15-23-50)58-42-59(55-37-35-48-39-49(64(3,4)5)38-47-34-36-54(58)63(55)62(47)48)66(51-24-16-13-17-25-51)57-41-46(33-31-44(57)2)53-27-19-21-29-61(53)68(9,10)11/h12-42H,1-11H3. The molecule has 0 aliphatic rings. The lowest BCUT2D eigenvalue weighted by molar-refractivity contribution is 0.591. The average molecular weight is 921 g/mol. The van der Waals surface area contributed by atoms with Gasteiger partial charge in [0, 0.05) is 38.9 Å². The van der Waals surface area contributed by atoms with Gasteiger partial charge in [-0.1, -0.05) is 185 Å². The van der Waals surface area contributed by atoms with E-state index in [2.05, 4.69) is 271 Å². The Morgan fingerprint density at radius 2 is 0.882 bits per heavy atom. The molecule has 0 N–H and O–H groups in total. The molecule has 2 nitrogen and oxygen atoms in total. The summed E-state index contributed by atoms with van der Waals surface area (Å²) >= 11 is 0. The number of hydrogen-bond acceptors (Lipinski definition) is 2. The van der Waals surface area contributed by atoms with Crippen LogP contribution in [0.5, 0.6) is 0 Å². The molecule has 10 aromatic rings. The number of nitrogens with zero attached hydrogens (tertiary/aromatic N) is 2. The highest BCUT2D eigenvalue weighted by Gasteiger charge is 2.28. The lowest BCUT2D eigenvalue weighted by atomic mass is 9.83. The summed E-state index contributed by atoms with van der Waals surface area (Å²) in [6.07, 6.45) is 7.19. The fraction of sp³-hybridized carbons (Fsp3) is 0.188. The maximum absolute atomic E-state index is 2.54. The van der Waals surface area contributed by atoms with E-state index < -0.39 is 18.1 Å². The van der Waals surface area contributed by atoms with Gasteiger partial charge in [-0.3, -0.25) is 0 Å². The summed E-state index contributed by atoms with van der Waals surface area (Å²) in [7, 11) is -2.70. The van der Waals surface area contributed by atoms with Crippen molar-refractivity contribution < 1.29 is 0 Å².